The van der Waals surface area contributed by atoms with Gasteiger partial charge in [0.2, 0.25) is 5.91 Å². The molecule has 2 heterocycles. The van der Waals surface area contributed by atoms with Crippen LogP contribution in [0.4, 0.5) is 0 Å². The summed E-state index contributed by atoms with van der Waals surface area (Å²) < 4.78 is 5.49. The first-order valence-electron chi connectivity index (χ1n) is 7.50. The average molecular weight is 307 g/mol. The van der Waals surface area contributed by atoms with E-state index in [-0.39, 0.29) is 18.6 Å². The van der Waals surface area contributed by atoms with Crippen LogP contribution in [0.15, 0.2) is 23.1 Å². The Morgan fingerprint density at radius 3 is 3.19 bits per heavy atom. The Morgan fingerprint density at radius 1 is 1.48 bits per heavy atom. The van der Waals surface area contributed by atoms with Gasteiger partial charge in [0, 0.05) is 23.7 Å². The summed E-state index contributed by atoms with van der Waals surface area (Å²) >= 11 is 1.92. The predicted molar refractivity (Wildman–Crippen MR) is 82.6 cm³/mol. The Hall–Kier alpha value is -1.04. The minimum Gasteiger partial charge on any atom is -0.391 e. The number of amides is 1. The summed E-state index contributed by atoms with van der Waals surface area (Å²) in [4.78, 5) is 14.9. The highest BCUT2D eigenvalue weighted by atomic mass is 32.2. The molecule has 0 aromatic heterocycles. The van der Waals surface area contributed by atoms with E-state index in [0.29, 0.717) is 26.1 Å². The number of benzene rings is 1. The number of carbonyl (C=O) groups excluding carboxylic acids is 1. The molecule has 1 fully saturated rings. The highest BCUT2D eigenvalue weighted by Crippen LogP contribution is 2.31. The number of β-amino-alcohol motifs (C(OH)–C–C–N with tert-alkyl or cyclic N) is 1. The summed E-state index contributed by atoms with van der Waals surface area (Å²) in [7, 11) is 0. The van der Waals surface area contributed by atoms with Gasteiger partial charge in [0.25, 0.3) is 0 Å². The molecule has 1 unspecified atom stereocenters. The van der Waals surface area contributed by atoms with Gasteiger partial charge in [-0.25, -0.2) is 0 Å². The molecule has 2 aliphatic rings. The smallest absolute Gasteiger partial charge is 0.248 e. The maximum absolute atomic E-state index is 11.8. The van der Waals surface area contributed by atoms with Gasteiger partial charge in [-0.15, -0.1) is 11.8 Å². The van der Waals surface area contributed by atoms with Gasteiger partial charge in [-0.3, -0.25) is 4.79 Å². The van der Waals surface area contributed by atoms with Crippen molar-refractivity contribution in [2.24, 2.45) is 0 Å². The fraction of sp³-hybridized carbons (Fsp3) is 0.562. The number of nitrogens with zero attached hydrogens (tertiary/aromatic N) is 1. The SMILES string of the molecule is O=C(COCCc1ccc2c(c1)CCS2)N1CCC(O)C1. The van der Waals surface area contributed by atoms with Crippen LogP contribution in [0.25, 0.3) is 0 Å². The molecule has 1 N–H and O–H groups in total. The van der Waals surface area contributed by atoms with Crippen LogP contribution in [-0.4, -0.2) is 54.1 Å². The minimum atomic E-state index is -0.363. The lowest BCUT2D eigenvalue weighted by atomic mass is 10.1. The van der Waals surface area contributed by atoms with Crippen LogP contribution < -0.4 is 0 Å². The van der Waals surface area contributed by atoms with Crippen LogP contribution in [0.1, 0.15) is 17.5 Å². The van der Waals surface area contributed by atoms with Crippen molar-refractivity contribution in [1.29, 1.82) is 0 Å². The Labute approximate surface area is 129 Å². The van der Waals surface area contributed by atoms with Crippen molar-refractivity contribution in [3.63, 3.8) is 0 Å². The molecule has 21 heavy (non-hydrogen) atoms. The van der Waals surface area contributed by atoms with Crippen LogP contribution in [0, 0.1) is 0 Å². The second-order valence-electron chi connectivity index (χ2n) is 5.63. The fourth-order valence-electron chi connectivity index (χ4n) is 2.80. The van der Waals surface area contributed by atoms with E-state index in [2.05, 4.69) is 18.2 Å². The lowest BCUT2D eigenvalue weighted by molar-refractivity contribution is -0.135. The van der Waals surface area contributed by atoms with E-state index in [4.69, 9.17) is 4.74 Å². The predicted octanol–water partition coefficient (Wildman–Crippen LogP) is 1.49. The standard InChI is InChI=1S/C16H21NO3S/c18-14-3-6-17(10-14)16(19)11-20-7-4-12-1-2-15-13(9-12)5-8-21-15/h1-2,9,14,18H,3-8,10-11H2. The maximum atomic E-state index is 11.8. The zero-order valence-electron chi connectivity index (χ0n) is 12.1. The van der Waals surface area contributed by atoms with Crippen molar-refractivity contribution in [3.8, 4) is 0 Å². The molecule has 1 saturated heterocycles. The number of ether oxygens (including phenoxy) is 1. The van der Waals surface area contributed by atoms with Crippen molar-refractivity contribution in [3.05, 3.63) is 29.3 Å². The number of hydrogen-bond acceptors (Lipinski definition) is 4. The van der Waals surface area contributed by atoms with E-state index in [1.807, 2.05) is 11.8 Å². The molecule has 1 atom stereocenters. The quantitative estimate of drug-likeness (QED) is 0.837. The van der Waals surface area contributed by atoms with Gasteiger partial charge < -0.3 is 14.7 Å². The highest BCUT2D eigenvalue weighted by Gasteiger charge is 2.24. The van der Waals surface area contributed by atoms with Crippen LogP contribution in [0.5, 0.6) is 0 Å². The molecule has 0 saturated carbocycles. The molecule has 3 rings (SSSR count). The first-order valence-corrected chi connectivity index (χ1v) is 8.49. The van der Waals surface area contributed by atoms with E-state index in [1.165, 1.54) is 21.8 Å². The van der Waals surface area contributed by atoms with Gasteiger partial charge in [-0.2, -0.15) is 0 Å². The number of hydrogen-bond donors (Lipinski definition) is 1. The van der Waals surface area contributed by atoms with Gasteiger partial charge in [0.15, 0.2) is 0 Å². The molecule has 4 nitrogen and oxygen atoms in total. The number of fused-ring (bicyclic) bond motifs is 1. The molecule has 114 valence electrons. The summed E-state index contributed by atoms with van der Waals surface area (Å²) in [6.07, 6.45) is 2.32. The Balaban J connectivity index is 1.39. The summed E-state index contributed by atoms with van der Waals surface area (Å²) in [6, 6.07) is 6.61. The lowest BCUT2D eigenvalue weighted by Gasteiger charge is -2.15. The van der Waals surface area contributed by atoms with Crippen LogP contribution in [0.2, 0.25) is 0 Å². The molecule has 0 spiro atoms. The number of rotatable bonds is 5. The third-order valence-corrected chi connectivity index (χ3v) is 5.15. The van der Waals surface area contributed by atoms with Gasteiger partial charge >= 0.3 is 0 Å². The third kappa shape index (κ3) is 3.78. The van der Waals surface area contributed by atoms with E-state index >= 15 is 0 Å². The maximum Gasteiger partial charge on any atom is 0.248 e. The summed E-state index contributed by atoms with van der Waals surface area (Å²) in [5.41, 5.74) is 2.72. The molecule has 1 aromatic rings. The van der Waals surface area contributed by atoms with Crippen molar-refractivity contribution < 1.29 is 14.6 Å². The zero-order valence-corrected chi connectivity index (χ0v) is 12.9. The largest absolute Gasteiger partial charge is 0.391 e. The van der Waals surface area contributed by atoms with Gasteiger partial charge in [-0.1, -0.05) is 12.1 Å². The van der Waals surface area contributed by atoms with E-state index in [9.17, 15) is 9.90 Å². The molecule has 1 aromatic carbocycles. The summed E-state index contributed by atoms with van der Waals surface area (Å²) in [5, 5.41) is 9.41. The Bertz CT molecular complexity index is 520. The lowest BCUT2D eigenvalue weighted by Crippen LogP contribution is -2.32. The van der Waals surface area contributed by atoms with E-state index in [1.54, 1.807) is 4.90 Å². The number of aliphatic hydroxyl groups excluding tert-OH is 1. The number of carbonyl (C=O) groups is 1. The molecule has 0 aliphatic carbocycles. The summed E-state index contributed by atoms with van der Waals surface area (Å²) in [6.45, 7) is 1.78. The van der Waals surface area contributed by atoms with E-state index in [0.717, 1.165) is 12.8 Å². The fourth-order valence-corrected chi connectivity index (χ4v) is 3.86. The third-order valence-electron chi connectivity index (χ3n) is 4.03. The molecule has 2 aliphatic heterocycles. The zero-order chi connectivity index (χ0) is 14.7. The topological polar surface area (TPSA) is 49.8 Å². The van der Waals surface area contributed by atoms with Crippen molar-refractivity contribution in [1.82, 2.24) is 4.90 Å². The average Bonchev–Trinajstić information content (AvgIpc) is 3.11. The van der Waals surface area contributed by atoms with Crippen LogP contribution in [0.3, 0.4) is 0 Å². The first-order chi connectivity index (χ1) is 10.2. The molecule has 0 radical (unpaired) electrons. The number of aliphatic hydroxyl groups is 1. The molecular weight excluding hydrogens is 286 g/mol. The second kappa shape index (κ2) is 6.81. The first kappa shape index (κ1) is 14.9. The Kier molecular flexibility index (Phi) is 4.83. The van der Waals surface area contributed by atoms with Gasteiger partial charge in [0.05, 0.1) is 12.7 Å². The van der Waals surface area contributed by atoms with Gasteiger partial charge in [0.1, 0.15) is 6.61 Å². The van der Waals surface area contributed by atoms with Crippen molar-refractivity contribution in [2.45, 2.75) is 30.3 Å². The van der Waals surface area contributed by atoms with Crippen LogP contribution in [-0.2, 0) is 22.4 Å². The minimum absolute atomic E-state index is 0.0168. The molecular formula is C16H21NO3S. The van der Waals surface area contributed by atoms with Crippen LogP contribution >= 0.6 is 11.8 Å². The van der Waals surface area contributed by atoms with Crippen molar-refractivity contribution in [2.75, 3.05) is 32.1 Å². The molecule has 5 heteroatoms. The second-order valence-corrected chi connectivity index (χ2v) is 6.76. The number of thioether (sulfide) groups is 1. The van der Waals surface area contributed by atoms with Crippen molar-refractivity contribution >= 4 is 17.7 Å². The highest BCUT2D eigenvalue weighted by molar-refractivity contribution is 7.99. The number of likely N-dealkylation sites (tertiary alicyclic amines) is 1. The Morgan fingerprint density at radius 2 is 2.38 bits per heavy atom. The molecule has 0 bridgehead atoms. The normalized spacial score (nSPS) is 20.8. The number of aryl methyl sites for hydroxylation is 1. The molecule has 1 amide bonds. The monoisotopic (exact) mass is 307 g/mol. The summed E-state index contributed by atoms with van der Waals surface area (Å²) in [5.74, 6) is 1.17. The van der Waals surface area contributed by atoms with E-state index < -0.39 is 0 Å². The van der Waals surface area contributed by atoms with Gasteiger partial charge in [-0.05, 0) is 36.5 Å².